The monoisotopic (exact) mass is 217 g/mol. The number of hydrogen-bond acceptors (Lipinski definition) is 2. The summed E-state index contributed by atoms with van der Waals surface area (Å²) < 4.78 is 2.02. The first-order valence-corrected chi connectivity index (χ1v) is 4.98. The van der Waals surface area contributed by atoms with E-state index in [-0.39, 0.29) is 11.5 Å². The van der Waals surface area contributed by atoms with Gasteiger partial charge in [-0.2, -0.15) is 5.26 Å². The van der Waals surface area contributed by atoms with Crippen molar-refractivity contribution >= 4 is 12.0 Å². The van der Waals surface area contributed by atoms with E-state index in [1.165, 1.54) is 7.05 Å². The molecule has 0 aliphatic carbocycles. The molecule has 4 nitrogen and oxygen atoms in total. The zero-order valence-corrected chi connectivity index (χ0v) is 9.96. The van der Waals surface area contributed by atoms with Gasteiger partial charge in [-0.3, -0.25) is 4.79 Å². The Balaban J connectivity index is 3.20. The highest BCUT2D eigenvalue weighted by molar-refractivity contribution is 6.01. The Morgan fingerprint density at radius 3 is 2.56 bits per heavy atom. The molecule has 1 N–H and O–H groups in total. The van der Waals surface area contributed by atoms with Gasteiger partial charge in [0.1, 0.15) is 11.6 Å². The molecule has 1 heterocycles. The standard InChI is InChI=1S/C12H15N3O/c1-8-5-10(9(2)15(8)4)6-11(7-13)12(16)14-3/h5-6H,1-4H3,(H,14,16)/b11-6-. The topological polar surface area (TPSA) is 57.8 Å². The number of amides is 1. The van der Waals surface area contributed by atoms with Crippen LogP contribution in [0.25, 0.3) is 6.08 Å². The maximum absolute atomic E-state index is 11.3. The van der Waals surface area contributed by atoms with Crippen molar-refractivity contribution in [3.05, 3.63) is 28.6 Å². The highest BCUT2D eigenvalue weighted by Gasteiger charge is 2.09. The molecule has 4 heteroatoms. The van der Waals surface area contributed by atoms with Gasteiger partial charge in [0, 0.05) is 25.5 Å². The molecule has 1 rings (SSSR count). The molecule has 1 amide bonds. The van der Waals surface area contributed by atoms with Crippen molar-refractivity contribution in [1.29, 1.82) is 5.26 Å². The van der Waals surface area contributed by atoms with Crippen LogP contribution in [0, 0.1) is 25.2 Å². The maximum atomic E-state index is 11.3. The Bertz CT molecular complexity index is 489. The molecule has 0 spiro atoms. The summed E-state index contributed by atoms with van der Waals surface area (Å²) in [5, 5.41) is 11.3. The number of rotatable bonds is 2. The molecule has 0 fully saturated rings. The number of likely N-dealkylation sites (N-methyl/N-ethyl adjacent to an activating group) is 1. The lowest BCUT2D eigenvalue weighted by Gasteiger charge is -2.00. The Morgan fingerprint density at radius 1 is 1.56 bits per heavy atom. The fraction of sp³-hybridized carbons (Fsp3) is 0.333. The molecule has 0 aromatic carbocycles. The van der Waals surface area contributed by atoms with Crippen molar-refractivity contribution in [3.63, 3.8) is 0 Å². The fourth-order valence-corrected chi connectivity index (χ4v) is 1.47. The molecule has 84 valence electrons. The van der Waals surface area contributed by atoms with Crippen molar-refractivity contribution in [2.45, 2.75) is 13.8 Å². The van der Waals surface area contributed by atoms with Crippen LogP contribution >= 0.6 is 0 Å². The van der Waals surface area contributed by atoms with E-state index in [9.17, 15) is 4.79 Å². The molecule has 0 unspecified atom stereocenters. The van der Waals surface area contributed by atoms with E-state index in [1.54, 1.807) is 6.08 Å². The second-order valence-electron chi connectivity index (χ2n) is 3.63. The first-order valence-electron chi connectivity index (χ1n) is 4.98. The van der Waals surface area contributed by atoms with Gasteiger partial charge in [-0.1, -0.05) is 0 Å². The van der Waals surface area contributed by atoms with Gasteiger partial charge in [-0.15, -0.1) is 0 Å². The first-order chi connectivity index (χ1) is 7.51. The van der Waals surface area contributed by atoms with E-state index in [0.29, 0.717) is 0 Å². The number of carbonyl (C=O) groups is 1. The summed E-state index contributed by atoms with van der Waals surface area (Å²) in [6.45, 7) is 3.94. The minimum atomic E-state index is -0.358. The van der Waals surface area contributed by atoms with Gasteiger partial charge in [-0.25, -0.2) is 0 Å². The van der Waals surface area contributed by atoms with Crippen LogP contribution in [0.2, 0.25) is 0 Å². The lowest BCUT2D eigenvalue weighted by Crippen LogP contribution is -2.19. The van der Waals surface area contributed by atoms with E-state index < -0.39 is 0 Å². The molecule has 0 bridgehead atoms. The SMILES string of the molecule is CNC(=O)/C(C#N)=C\c1cc(C)n(C)c1C. The highest BCUT2D eigenvalue weighted by atomic mass is 16.1. The van der Waals surface area contributed by atoms with Crippen molar-refractivity contribution in [2.24, 2.45) is 7.05 Å². The van der Waals surface area contributed by atoms with Crippen molar-refractivity contribution < 1.29 is 4.79 Å². The fourth-order valence-electron chi connectivity index (χ4n) is 1.47. The highest BCUT2D eigenvalue weighted by Crippen LogP contribution is 2.16. The summed E-state index contributed by atoms with van der Waals surface area (Å²) in [5.74, 6) is -0.358. The number of nitrogens with one attached hydrogen (secondary N) is 1. The average molecular weight is 217 g/mol. The molecule has 0 saturated heterocycles. The Hall–Kier alpha value is -2.02. The summed E-state index contributed by atoms with van der Waals surface area (Å²) in [4.78, 5) is 11.3. The molecule has 0 radical (unpaired) electrons. The van der Waals surface area contributed by atoms with Crippen LogP contribution in [0.15, 0.2) is 11.6 Å². The molecule has 1 aromatic heterocycles. The van der Waals surface area contributed by atoms with Gasteiger partial charge in [0.05, 0.1) is 0 Å². The van der Waals surface area contributed by atoms with Crippen LogP contribution in [0.3, 0.4) is 0 Å². The van der Waals surface area contributed by atoms with Gasteiger partial charge >= 0.3 is 0 Å². The number of aryl methyl sites for hydroxylation is 1. The van der Waals surface area contributed by atoms with Crippen LogP contribution in [-0.2, 0) is 11.8 Å². The maximum Gasteiger partial charge on any atom is 0.261 e. The minimum Gasteiger partial charge on any atom is -0.354 e. The average Bonchev–Trinajstić information content (AvgIpc) is 2.52. The second-order valence-corrected chi connectivity index (χ2v) is 3.63. The molecule has 0 aliphatic rings. The van der Waals surface area contributed by atoms with Crippen LogP contribution in [0.4, 0.5) is 0 Å². The molecular weight excluding hydrogens is 202 g/mol. The smallest absolute Gasteiger partial charge is 0.261 e. The molecule has 0 atom stereocenters. The van der Waals surface area contributed by atoms with E-state index in [1.807, 2.05) is 37.6 Å². The number of aromatic nitrogens is 1. The first kappa shape index (κ1) is 12.1. The molecule has 0 saturated carbocycles. The number of hydrogen-bond donors (Lipinski definition) is 1. The van der Waals surface area contributed by atoms with Crippen molar-refractivity contribution in [1.82, 2.24) is 9.88 Å². The predicted molar refractivity (Wildman–Crippen MR) is 62.5 cm³/mol. The lowest BCUT2D eigenvalue weighted by molar-refractivity contribution is -0.116. The lowest BCUT2D eigenvalue weighted by atomic mass is 10.1. The van der Waals surface area contributed by atoms with Crippen LogP contribution in [0.1, 0.15) is 17.0 Å². The predicted octanol–water partition coefficient (Wildman–Crippen LogP) is 1.29. The van der Waals surface area contributed by atoms with Crippen LogP contribution < -0.4 is 5.32 Å². The Labute approximate surface area is 95.2 Å². The molecular formula is C12H15N3O. The Morgan fingerprint density at radius 2 is 2.19 bits per heavy atom. The third-order valence-electron chi connectivity index (χ3n) is 2.71. The normalized spacial score (nSPS) is 11.1. The quantitative estimate of drug-likeness (QED) is 0.599. The number of carbonyl (C=O) groups excluding carboxylic acids is 1. The molecule has 0 aliphatic heterocycles. The van der Waals surface area contributed by atoms with Crippen LogP contribution in [0.5, 0.6) is 0 Å². The summed E-state index contributed by atoms with van der Waals surface area (Å²) in [5.41, 5.74) is 3.16. The zero-order chi connectivity index (χ0) is 12.3. The third-order valence-corrected chi connectivity index (χ3v) is 2.71. The Kier molecular flexibility index (Phi) is 3.51. The summed E-state index contributed by atoms with van der Waals surface area (Å²) in [6.07, 6.45) is 1.61. The van der Waals surface area contributed by atoms with E-state index >= 15 is 0 Å². The minimum absolute atomic E-state index is 0.121. The van der Waals surface area contributed by atoms with E-state index in [4.69, 9.17) is 5.26 Å². The summed E-state index contributed by atoms with van der Waals surface area (Å²) >= 11 is 0. The molecule has 16 heavy (non-hydrogen) atoms. The third kappa shape index (κ3) is 2.14. The summed E-state index contributed by atoms with van der Waals surface area (Å²) in [6, 6.07) is 3.85. The van der Waals surface area contributed by atoms with Crippen molar-refractivity contribution in [3.8, 4) is 6.07 Å². The number of nitriles is 1. The van der Waals surface area contributed by atoms with Gasteiger partial charge in [0.15, 0.2) is 0 Å². The second kappa shape index (κ2) is 4.67. The van der Waals surface area contributed by atoms with Gasteiger partial charge in [-0.05, 0) is 31.6 Å². The largest absolute Gasteiger partial charge is 0.354 e. The van der Waals surface area contributed by atoms with Gasteiger partial charge in [0.2, 0.25) is 0 Å². The van der Waals surface area contributed by atoms with Gasteiger partial charge < -0.3 is 9.88 Å². The number of nitrogens with zero attached hydrogens (tertiary/aromatic N) is 2. The van der Waals surface area contributed by atoms with Gasteiger partial charge in [0.25, 0.3) is 5.91 Å². The summed E-state index contributed by atoms with van der Waals surface area (Å²) in [7, 11) is 3.46. The van der Waals surface area contributed by atoms with Crippen molar-refractivity contribution in [2.75, 3.05) is 7.05 Å². The van der Waals surface area contributed by atoms with E-state index in [0.717, 1.165) is 17.0 Å². The van der Waals surface area contributed by atoms with Crippen LogP contribution in [-0.4, -0.2) is 17.5 Å². The molecule has 1 aromatic rings. The van der Waals surface area contributed by atoms with E-state index in [2.05, 4.69) is 5.32 Å². The zero-order valence-electron chi connectivity index (χ0n) is 9.96.